The van der Waals surface area contributed by atoms with Gasteiger partial charge in [-0.15, -0.1) is 12.4 Å². The average molecular weight is 301 g/mol. The number of nitrogens with one attached hydrogen (secondary N) is 1. The van der Waals surface area contributed by atoms with Gasteiger partial charge in [-0.3, -0.25) is 0 Å². The van der Waals surface area contributed by atoms with Crippen molar-refractivity contribution >= 4 is 24.2 Å². The largest absolute Gasteiger partial charge is 0.478 e. The van der Waals surface area contributed by atoms with Crippen molar-refractivity contribution in [1.29, 1.82) is 0 Å². The van der Waals surface area contributed by atoms with Crippen LogP contribution in [0.2, 0.25) is 0 Å². The van der Waals surface area contributed by atoms with Crippen molar-refractivity contribution in [2.75, 3.05) is 5.32 Å². The summed E-state index contributed by atoms with van der Waals surface area (Å²) in [5.41, 5.74) is 0.365. The van der Waals surface area contributed by atoms with Gasteiger partial charge in [-0.2, -0.15) is 0 Å². The van der Waals surface area contributed by atoms with E-state index in [4.69, 9.17) is 5.11 Å². The Kier molecular flexibility index (Phi) is 5.40. The van der Waals surface area contributed by atoms with Crippen LogP contribution in [0.3, 0.4) is 0 Å². The topological polar surface area (TPSA) is 62.2 Å². The number of hydrogen-bond donors (Lipinski definition) is 2. The van der Waals surface area contributed by atoms with Gasteiger partial charge in [0.25, 0.3) is 0 Å². The van der Waals surface area contributed by atoms with Gasteiger partial charge in [0.15, 0.2) is 0 Å². The van der Waals surface area contributed by atoms with Crippen LogP contribution in [-0.4, -0.2) is 16.1 Å². The number of carboxylic acid groups (broad SMARTS) is 1. The quantitative estimate of drug-likeness (QED) is 0.911. The van der Waals surface area contributed by atoms with Gasteiger partial charge < -0.3 is 10.4 Å². The van der Waals surface area contributed by atoms with Gasteiger partial charge in [0.1, 0.15) is 17.5 Å². The number of pyridine rings is 1. The van der Waals surface area contributed by atoms with E-state index in [1.807, 2.05) is 0 Å². The molecule has 7 heteroatoms. The third-order valence-electron chi connectivity index (χ3n) is 2.49. The second-order valence-corrected chi connectivity index (χ2v) is 3.83. The maximum Gasteiger partial charge on any atom is 0.337 e. The molecule has 1 aromatic carbocycles. The maximum absolute atomic E-state index is 13.3. The van der Waals surface area contributed by atoms with Crippen LogP contribution in [0.5, 0.6) is 0 Å². The Bertz CT molecular complexity index is 606. The van der Waals surface area contributed by atoms with E-state index in [9.17, 15) is 13.6 Å². The van der Waals surface area contributed by atoms with Crippen molar-refractivity contribution in [2.24, 2.45) is 0 Å². The van der Waals surface area contributed by atoms with Crippen LogP contribution in [0, 0.1) is 11.6 Å². The average Bonchev–Trinajstić information content (AvgIpc) is 2.38. The predicted octanol–water partition coefficient (Wildman–Crippen LogP) is 3.09. The van der Waals surface area contributed by atoms with E-state index in [0.717, 1.165) is 6.07 Å². The van der Waals surface area contributed by atoms with Gasteiger partial charge in [-0.05, 0) is 18.2 Å². The van der Waals surface area contributed by atoms with Gasteiger partial charge in [-0.25, -0.2) is 18.6 Å². The highest BCUT2D eigenvalue weighted by Gasteiger charge is 2.05. The highest BCUT2D eigenvalue weighted by molar-refractivity contribution is 5.87. The highest BCUT2D eigenvalue weighted by Crippen LogP contribution is 2.12. The number of aromatic carboxylic acids is 1. The van der Waals surface area contributed by atoms with Crippen molar-refractivity contribution in [3.63, 3.8) is 0 Å². The molecule has 0 aliphatic heterocycles. The minimum atomic E-state index is -1.07. The Balaban J connectivity index is 0.00000200. The molecule has 4 nitrogen and oxygen atoms in total. The summed E-state index contributed by atoms with van der Waals surface area (Å²) in [7, 11) is 0. The summed E-state index contributed by atoms with van der Waals surface area (Å²) >= 11 is 0. The Labute approximate surface area is 119 Å². The first-order chi connectivity index (χ1) is 9.06. The molecule has 1 heterocycles. The summed E-state index contributed by atoms with van der Waals surface area (Å²) in [5, 5.41) is 11.5. The molecule has 0 atom stereocenters. The number of aromatic nitrogens is 1. The SMILES string of the molecule is Cl.O=C(O)c1ccc(NCc2ccc(F)cc2F)nc1. The zero-order valence-electron chi connectivity index (χ0n) is 10.1. The molecular formula is C13H11ClF2N2O2. The number of hydrogen-bond acceptors (Lipinski definition) is 3. The third-order valence-corrected chi connectivity index (χ3v) is 2.49. The van der Waals surface area contributed by atoms with E-state index in [2.05, 4.69) is 10.3 Å². The minimum Gasteiger partial charge on any atom is -0.478 e. The second kappa shape index (κ2) is 6.81. The fourth-order valence-electron chi connectivity index (χ4n) is 1.48. The molecule has 0 fully saturated rings. The van der Waals surface area contributed by atoms with Crippen molar-refractivity contribution in [2.45, 2.75) is 6.54 Å². The summed E-state index contributed by atoms with van der Waals surface area (Å²) in [6.45, 7) is 0.130. The first-order valence-corrected chi connectivity index (χ1v) is 5.43. The standard InChI is InChI=1S/C13H10F2N2O2.ClH/c14-10-3-1-8(11(15)5-10)6-16-12-4-2-9(7-17-12)13(18)19;/h1-5,7H,6H2,(H,16,17)(H,18,19);1H. The van der Waals surface area contributed by atoms with Crippen LogP contribution in [0.25, 0.3) is 0 Å². The van der Waals surface area contributed by atoms with E-state index in [1.54, 1.807) is 0 Å². The molecular weight excluding hydrogens is 290 g/mol. The molecule has 0 saturated heterocycles. The molecule has 0 aliphatic rings. The number of rotatable bonds is 4. The molecule has 0 saturated carbocycles. The smallest absolute Gasteiger partial charge is 0.337 e. The number of carbonyl (C=O) groups is 1. The van der Waals surface area contributed by atoms with Crippen LogP contribution < -0.4 is 5.32 Å². The zero-order valence-corrected chi connectivity index (χ0v) is 11.0. The fourth-order valence-corrected chi connectivity index (χ4v) is 1.48. The van der Waals surface area contributed by atoms with Crippen LogP contribution in [0.1, 0.15) is 15.9 Å². The lowest BCUT2D eigenvalue weighted by Gasteiger charge is -2.06. The molecule has 0 spiro atoms. The number of carboxylic acids is 1. The number of benzene rings is 1. The number of nitrogens with zero attached hydrogens (tertiary/aromatic N) is 1. The van der Waals surface area contributed by atoms with Crippen LogP contribution in [0.15, 0.2) is 36.5 Å². The van der Waals surface area contributed by atoms with Crippen molar-refractivity contribution in [3.05, 3.63) is 59.3 Å². The minimum absolute atomic E-state index is 0. The summed E-state index contributed by atoms with van der Waals surface area (Å²) in [4.78, 5) is 14.5. The molecule has 0 aliphatic carbocycles. The van der Waals surface area contributed by atoms with Crippen LogP contribution in [-0.2, 0) is 6.54 Å². The molecule has 106 valence electrons. The molecule has 2 aromatic rings. The monoisotopic (exact) mass is 300 g/mol. The molecule has 2 rings (SSSR count). The first kappa shape index (κ1) is 15.8. The Morgan fingerprint density at radius 3 is 2.55 bits per heavy atom. The Morgan fingerprint density at radius 2 is 2.00 bits per heavy atom. The molecule has 0 radical (unpaired) electrons. The predicted molar refractivity (Wildman–Crippen MR) is 72.1 cm³/mol. The normalized spacial score (nSPS) is 9.70. The van der Waals surface area contributed by atoms with Crippen molar-refractivity contribution < 1.29 is 18.7 Å². The lowest BCUT2D eigenvalue weighted by molar-refractivity contribution is 0.0696. The van der Waals surface area contributed by atoms with Gasteiger partial charge in [0.05, 0.1) is 5.56 Å². The van der Waals surface area contributed by atoms with Gasteiger partial charge in [-0.1, -0.05) is 6.07 Å². The molecule has 0 unspecified atom stereocenters. The number of anilines is 1. The van der Waals surface area contributed by atoms with E-state index < -0.39 is 17.6 Å². The zero-order chi connectivity index (χ0) is 13.8. The fraction of sp³-hybridized carbons (Fsp3) is 0.0769. The van der Waals surface area contributed by atoms with Crippen LogP contribution in [0.4, 0.5) is 14.6 Å². The van der Waals surface area contributed by atoms with Crippen molar-refractivity contribution in [1.82, 2.24) is 4.98 Å². The van der Waals surface area contributed by atoms with Crippen LogP contribution >= 0.6 is 12.4 Å². The van der Waals surface area contributed by atoms with Gasteiger partial charge >= 0.3 is 5.97 Å². The molecule has 20 heavy (non-hydrogen) atoms. The van der Waals surface area contributed by atoms with Crippen molar-refractivity contribution in [3.8, 4) is 0 Å². The molecule has 0 bridgehead atoms. The first-order valence-electron chi connectivity index (χ1n) is 5.43. The third kappa shape index (κ3) is 3.89. The second-order valence-electron chi connectivity index (χ2n) is 3.83. The van der Waals surface area contributed by atoms with Gasteiger partial charge in [0.2, 0.25) is 0 Å². The van der Waals surface area contributed by atoms with E-state index in [1.165, 1.54) is 30.5 Å². The summed E-state index contributed by atoms with van der Waals surface area (Å²) < 4.78 is 26.0. The molecule has 0 amide bonds. The van der Waals surface area contributed by atoms with E-state index >= 15 is 0 Å². The Morgan fingerprint density at radius 1 is 1.25 bits per heavy atom. The highest BCUT2D eigenvalue weighted by atomic mass is 35.5. The van der Waals surface area contributed by atoms with E-state index in [-0.39, 0.29) is 24.5 Å². The Hall–Kier alpha value is -2.21. The molecule has 2 N–H and O–H groups in total. The lowest BCUT2D eigenvalue weighted by Crippen LogP contribution is -2.04. The lowest BCUT2D eigenvalue weighted by atomic mass is 10.2. The molecule has 1 aromatic heterocycles. The van der Waals surface area contributed by atoms with E-state index in [0.29, 0.717) is 11.4 Å². The number of halogens is 3. The maximum atomic E-state index is 13.3. The summed E-state index contributed by atoms with van der Waals surface area (Å²) in [6, 6.07) is 6.17. The van der Waals surface area contributed by atoms with Gasteiger partial charge in [0, 0.05) is 24.4 Å². The summed E-state index contributed by atoms with van der Waals surface area (Å²) in [6.07, 6.45) is 1.20. The summed E-state index contributed by atoms with van der Waals surface area (Å²) in [5.74, 6) is -1.93.